The predicted molar refractivity (Wildman–Crippen MR) is 96.7 cm³/mol. The Balaban J connectivity index is 1.53. The van der Waals surface area contributed by atoms with Gasteiger partial charge in [-0.2, -0.15) is 0 Å². The van der Waals surface area contributed by atoms with E-state index in [1.807, 2.05) is 42.1 Å². The average molecular weight is 339 g/mol. The Morgan fingerprint density at radius 3 is 2.67 bits per heavy atom. The van der Waals surface area contributed by atoms with Crippen LogP contribution in [0.3, 0.4) is 0 Å². The maximum Gasteiger partial charge on any atom is 0.255 e. The van der Waals surface area contributed by atoms with E-state index in [4.69, 9.17) is 4.74 Å². The maximum atomic E-state index is 12.8. The number of amides is 1. The lowest BCUT2D eigenvalue weighted by atomic mass is 9.96. The van der Waals surface area contributed by atoms with Crippen LogP contribution in [0.2, 0.25) is 0 Å². The zero-order valence-corrected chi connectivity index (χ0v) is 14.4. The van der Waals surface area contributed by atoms with Gasteiger partial charge < -0.3 is 10.1 Å². The number of rotatable bonds is 4. The van der Waals surface area contributed by atoms with Gasteiger partial charge in [-0.05, 0) is 49.4 Å². The third-order valence-electron chi connectivity index (χ3n) is 4.74. The minimum absolute atomic E-state index is 0.0448. The second kappa shape index (κ2) is 6.89. The van der Waals surface area contributed by atoms with Crippen LogP contribution in [-0.2, 0) is 0 Å². The van der Waals surface area contributed by atoms with Crippen LogP contribution in [0, 0.1) is 0 Å². The molecule has 1 fully saturated rings. The molecule has 0 aromatic heterocycles. The van der Waals surface area contributed by atoms with Crippen LogP contribution >= 0.6 is 11.8 Å². The number of benzene rings is 2. The summed E-state index contributed by atoms with van der Waals surface area (Å²) in [5, 5.41) is 3.21. The molecule has 2 aliphatic rings. The molecule has 0 spiro atoms. The number of hydrogen-bond acceptors (Lipinski definition) is 3. The molecule has 1 unspecified atom stereocenters. The monoisotopic (exact) mass is 339 g/mol. The molecular weight excluding hydrogens is 318 g/mol. The largest absolute Gasteiger partial charge is 0.490 e. The Bertz CT molecular complexity index is 742. The first kappa shape index (κ1) is 15.6. The second-order valence-corrected chi connectivity index (χ2v) is 7.50. The van der Waals surface area contributed by atoms with E-state index >= 15 is 0 Å². The second-order valence-electron chi connectivity index (χ2n) is 6.37. The zero-order valence-electron chi connectivity index (χ0n) is 13.5. The number of para-hydroxylation sites is 1. The number of thioether (sulfide) groups is 1. The van der Waals surface area contributed by atoms with Gasteiger partial charge in [0.05, 0.1) is 17.7 Å². The Labute approximate surface area is 146 Å². The average Bonchev–Trinajstić information content (AvgIpc) is 2.59. The summed E-state index contributed by atoms with van der Waals surface area (Å²) in [6.07, 6.45) is 4.62. The van der Waals surface area contributed by atoms with Gasteiger partial charge >= 0.3 is 0 Å². The first-order valence-electron chi connectivity index (χ1n) is 8.59. The van der Waals surface area contributed by atoms with E-state index in [1.165, 1.54) is 16.9 Å². The molecule has 1 N–H and O–H groups in total. The van der Waals surface area contributed by atoms with E-state index in [0.29, 0.717) is 11.3 Å². The number of hydrogen-bond donors (Lipinski definition) is 1. The molecule has 1 atom stereocenters. The van der Waals surface area contributed by atoms with Crippen LogP contribution in [0.25, 0.3) is 0 Å². The highest BCUT2D eigenvalue weighted by Gasteiger charge is 2.25. The third kappa shape index (κ3) is 3.16. The van der Waals surface area contributed by atoms with Crippen LogP contribution in [-0.4, -0.2) is 17.8 Å². The van der Waals surface area contributed by atoms with Crippen molar-refractivity contribution in [1.29, 1.82) is 0 Å². The van der Waals surface area contributed by atoms with Crippen molar-refractivity contribution in [3.63, 3.8) is 0 Å². The Kier molecular flexibility index (Phi) is 4.48. The van der Waals surface area contributed by atoms with Crippen LogP contribution in [0.5, 0.6) is 5.75 Å². The molecule has 24 heavy (non-hydrogen) atoms. The van der Waals surface area contributed by atoms with Crippen molar-refractivity contribution in [1.82, 2.24) is 5.32 Å². The van der Waals surface area contributed by atoms with Gasteiger partial charge in [-0.1, -0.05) is 30.3 Å². The van der Waals surface area contributed by atoms with Crippen molar-refractivity contribution in [3.8, 4) is 5.75 Å². The lowest BCUT2D eigenvalue weighted by Gasteiger charge is -2.28. The van der Waals surface area contributed by atoms with Crippen molar-refractivity contribution in [2.24, 2.45) is 0 Å². The number of fused-ring (bicyclic) bond motifs is 1. The molecule has 1 amide bonds. The molecule has 0 radical (unpaired) electrons. The van der Waals surface area contributed by atoms with E-state index < -0.39 is 0 Å². The summed E-state index contributed by atoms with van der Waals surface area (Å²) >= 11 is 1.86. The Morgan fingerprint density at radius 2 is 1.83 bits per heavy atom. The van der Waals surface area contributed by atoms with Gasteiger partial charge in [0, 0.05) is 10.6 Å². The number of carbonyl (C=O) groups excluding carboxylic acids is 1. The summed E-state index contributed by atoms with van der Waals surface area (Å²) in [6.45, 7) is 0. The van der Waals surface area contributed by atoms with Gasteiger partial charge in [0.25, 0.3) is 5.91 Å². The quantitative estimate of drug-likeness (QED) is 0.886. The molecule has 0 bridgehead atoms. The summed E-state index contributed by atoms with van der Waals surface area (Å²) in [5.74, 6) is 1.69. The molecule has 3 nitrogen and oxygen atoms in total. The smallest absolute Gasteiger partial charge is 0.255 e. The molecule has 2 aromatic carbocycles. The lowest BCUT2D eigenvalue weighted by Crippen LogP contribution is -2.32. The molecule has 1 aliphatic carbocycles. The predicted octanol–water partition coefficient (Wildman–Crippen LogP) is 4.58. The van der Waals surface area contributed by atoms with Crippen molar-refractivity contribution < 1.29 is 9.53 Å². The lowest BCUT2D eigenvalue weighted by molar-refractivity contribution is 0.0910. The standard InChI is InChI=1S/C20H21NO2S/c22-20(16-9-1-3-10-18(16)23-14-6-5-7-14)21-17-12-13-24-19-11-4-2-8-15(17)19/h1-4,8-11,14,17H,5-7,12-13H2,(H,21,22). The van der Waals surface area contributed by atoms with E-state index in [9.17, 15) is 4.79 Å². The highest BCUT2D eigenvalue weighted by Crippen LogP contribution is 2.36. The summed E-state index contributed by atoms with van der Waals surface area (Å²) in [6, 6.07) is 16.0. The van der Waals surface area contributed by atoms with E-state index in [2.05, 4.69) is 23.5 Å². The molecule has 0 saturated heterocycles. The summed E-state index contributed by atoms with van der Waals surface area (Å²) in [7, 11) is 0. The highest BCUT2D eigenvalue weighted by molar-refractivity contribution is 7.99. The molecular formula is C20H21NO2S. The van der Waals surface area contributed by atoms with Gasteiger partial charge in [0.2, 0.25) is 0 Å². The van der Waals surface area contributed by atoms with Crippen LogP contribution < -0.4 is 10.1 Å². The minimum atomic E-state index is -0.0448. The van der Waals surface area contributed by atoms with Gasteiger partial charge in [-0.15, -0.1) is 11.8 Å². The minimum Gasteiger partial charge on any atom is -0.490 e. The fourth-order valence-electron chi connectivity index (χ4n) is 3.15. The van der Waals surface area contributed by atoms with Crippen molar-refractivity contribution in [3.05, 3.63) is 59.7 Å². The van der Waals surface area contributed by atoms with E-state index in [-0.39, 0.29) is 18.1 Å². The van der Waals surface area contributed by atoms with Gasteiger partial charge in [0.15, 0.2) is 0 Å². The summed E-state index contributed by atoms with van der Waals surface area (Å²) in [4.78, 5) is 14.1. The topological polar surface area (TPSA) is 38.3 Å². The SMILES string of the molecule is O=C(NC1CCSc2ccccc21)c1ccccc1OC1CCC1. The number of nitrogens with one attached hydrogen (secondary N) is 1. The molecule has 1 aliphatic heterocycles. The van der Waals surface area contributed by atoms with Crippen molar-refractivity contribution in [2.75, 3.05) is 5.75 Å². The maximum absolute atomic E-state index is 12.8. The van der Waals surface area contributed by atoms with E-state index in [1.54, 1.807) is 0 Å². The summed E-state index contributed by atoms with van der Waals surface area (Å²) in [5.41, 5.74) is 1.86. The normalized spacial score (nSPS) is 19.9. The summed E-state index contributed by atoms with van der Waals surface area (Å²) < 4.78 is 6.00. The van der Waals surface area contributed by atoms with Crippen LogP contribution in [0.4, 0.5) is 0 Å². The van der Waals surface area contributed by atoms with Crippen LogP contribution in [0.1, 0.15) is 47.6 Å². The molecule has 1 heterocycles. The van der Waals surface area contributed by atoms with Gasteiger partial charge in [0.1, 0.15) is 5.75 Å². The van der Waals surface area contributed by atoms with Gasteiger partial charge in [-0.3, -0.25) is 4.79 Å². The van der Waals surface area contributed by atoms with Crippen molar-refractivity contribution >= 4 is 17.7 Å². The number of carbonyl (C=O) groups is 1. The third-order valence-corrected chi connectivity index (χ3v) is 5.86. The Morgan fingerprint density at radius 1 is 1.04 bits per heavy atom. The molecule has 124 valence electrons. The highest BCUT2D eigenvalue weighted by atomic mass is 32.2. The number of ether oxygens (including phenoxy) is 1. The molecule has 4 heteroatoms. The first-order valence-corrected chi connectivity index (χ1v) is 9.58. The fourth-order valence-corrected chi connectivity index (χ4v) is 4.28. The Hall–Kier alpha value is -1.94. The fraction of sp³-hybridized carbons (Fsp3) is 0.350. The van der Waals surface area contributed by atoms with Crippen LogP contribution in [0.15, 0.2) is 53.4 Å². The molecule has 4 rings (SSSR count). The molecule has 1 saturated carbocycles. The van der Waals surface area contributed by atoms with Gasteiger partial charge in [-0.25, -0.2) is 0 Å². The first-order chi connectivity index (χ1) is 11.8. The zero-order chi connectivity index (χ0) is 16.4. The van der Waals surface area contributed by atoms with E-state index in [0.717, 1.165) is 25.0 Å². The van der Waals surface area contributed by atoms with Crippen molar-refractivity contribution in [2.45, 2.75) is 42.7 Å². The molecule has 2 aromatic rings.